The van der Waals surface area contributed by atoms with Crippen LogP contribution in [0.4, 0.5) is 0 Å². The van der Waals surface area contributed by atoms with E-state index < -0.39 is 0 Å². The van der Waals surface area contributed by atoms with Gasteiger partial charge in [0.2, 0.25) is 5.88 Å². The minimum Gasteiger partial charge on any atom is -0.493 e. The Kier molecular flexibility index (Phi) is 2.82. The summed E-state index contributed by atoms with van der Waals surface area (Å²) in [5.74, 6) is 0.0466. The van der Waals surface area contributed by atoms with E-state index in [0.29, 0.717) is 5.82 Å². The molecule has 0 atom stereocenters. The van der Waals surface area contributed by atoms with Crippen molar-refractivity contribution in [2.45, 2.75) is 0 Å². The summed E-state index contributed by atoms with van der Waals surface area (Å²) >= 11 is 0. The molecule has 0 amide bonds. The summed E-state index contributed by atoms with van der Waals surface area (Å²) in [5, 5.41) is 9.13. The molecule has 0 bridgehead atoms. The number of aromatic hydroxyl groups is 1. The minimum atomic E-state index is -0.375. The molecular weight excluding hydrogens is 204 g/mol. The molecule has 0 aliphatic rings. The molecule has 2 aromatic rings. The molecule has 80 valence electrons. The first-order valence-corrected chi connectivity index (χ1v) is 4.77. The molecule has 2 rings (SSSR count). The van der Waals surface area contributed by atoms with Crippen LogP contribution < -0.4 is 5.56 Å². The van der Waals surface area contributed by atoms with Crippen LogP contribution in [-0.4, -0.2) is 15.1 Å². The fraction of sp³-hybridized carbons (Fsp3) is 0. The Balaban J connectivity index is 2.27. The van der Waals surface area contributed by atoms with Gasteiger partial charge in [0.05, 0.1) is 6.07 Å². The van der Waals surface area contributed by atoms with Gasteiger partial charge in [-0.1, -0.05) is 36.4 Å². The van der Waals surface area contributed by atoms with E-state index in [1.807, 2.05) is 30.3 Å². The fourth-order valence-corrected chi connectivity index (χ4v) is 1.28. The summed E-state index contributed by atoms with van der Waals surface area (Å²) < 4.78 is 0. The summed E-state index contributed by atoms with van der Waals surface area (Å²) in [6.07, 6.45) is 3.44. The number of nitrogens with zero attached hydrogens (tertiary/aromatic N) is 1. The van der Waals surface area contributed by atoms with Crippen LogP contribution in [0.2, 0.25) is 0 Å². The van der Waals surface area contributed by atoms with Gasteiger partial charge in [-0.3, -0.25) is 4.79 Å². The van der Waals surface area contributed by atoms with E-state index in [4.69, 9.17) is 5.11 Å². The van der Waals surface area contributed by atoms with Crippen LogP contribution in [0.3, 0.4) is 0 Å². The molecule has 4 heteroatoms. The molecule has 0 saturated heterocycles. The lowest BCUT2D eigenvalue weighted by Crippen LogP contribution is -2.06. The van der Waals surface area contributed by atoms with Gasteiger partial charge >= 0.3 is 0 Å². The minimum absolute atomic E-state index is 0.281. The van der Waals surface area contributed by atoms with Crippen LogP contribution >= 0.6 is 0 Å². The molecule has 0 aliphatic heterocycles. The lowest BCUT2D eigenvalue weighted by molar-refractivity contribution is 0.450. The molecule has 0 aliphatic carbocycles. The number of benzene rings is 1. The molecule has 16 heavy (non-hydrogen) atoms. The van der Waals surface area contributed by atoms with Crippen molar-refractivity contribution in [2.24, 2.45) is 0 Å². The number of hydrogen-bond acceptors (Lipinski definition) is 3. The summed E-state index contributed by atoms with van der Waals surface area (Å²) in [6, 6.07) is 10.6. The van der Waals surface area contributed by atoms with Gasteiger partial charge in [0.1, 0.15) is 5.82 Å². The van der Waals surface area contributed by atoms with Crippen molar-refractivity contribution in [3.8, 4) is 5.88 Å². The number of aromatic nitrogens is 2. The maximum absolute atomic E-state index is 11.0. The van der Waals surface area contributed by atoms with Gasteiger partial charge in [0.15, 0.2) is 0 Å². The zero-order valence-corrected chi connectivity index (χ0v) is 8.42. The Morgan fingerprint density at radius 1 is 1.19 bits per heavy atom. The van der Waals surface area contributed by atoms with Crippen molar-refractivity contribution in [1.29, 1.82) is 0 Å². The fourth-order valence-electron chi connectivity index (χ4n) is 1.28. The lowest BCUT2D eigenvalue weighted by atomic mass is 10.2. The Bertz CT molecular complexity index is 559. The number of hydrogen-bond donors (Lipinski definition) is 2. The smallest absolute Gasteiger partial charge is 0.254 e. The van der Waals surface area contributed by atoms with Crippen molar-refractivity contribution < 1.29 is 5.11 Å². The van der Waals surface area contributed by atoms with Crippen LogP contribution in [0.5, 0.6) is 5.88 Å². The Morgan fingerprint density at radius 3 is 2.62 bits per heavy atom. The van der Waals surface area contributed by atoms with Crippen LogP contribution in [0.1, 0.15) is 11.4 Å². The maximum Gasteiger partial charge on any atom is 0.254 e. The van der Waals surface area contributed by atoms with Crippen LogP contribution in [-0.2, 0) is 0 Å². The molecular formula is C12H10N2O2. The Morgan fingerprint density at radius 2 is 1.94 bits per heavy atom. The zero-order valence-electron chi connectivity index (χ0n) is 8.42. The third-order valence-corrected chi connectivity index (χ3v) is 1.98. The average molecular weight is 214 g/mol. The molecule has 0 saturated carbocycles. The Hall–Kier alpha value is -2.36. The topological polar surface area (TPSA) is 66.0 Å². The van der Waals surface area contributed by atoms with E-state index in [-0.39, 0.29) is 11.4 Å². The SMILES string of the molecule is O=c1cc(O)nc(/C=C/c2ccccc2)[nH]1. The summed E-state index contributed by atoms with van der Waals surface area (Å²) in [5.41, 5.74) is 0.619. The van der Waals surface area contributed by atoms with Gasteiger partial charge in [0.25, 0.3) is 5.56 Å². The average Bonchev–Trinajstić information content (AvgIpc) is 2.27. The van der Waals surface area contributed by atoms with E-state index in [2.05, 4.69) is 9.97 Å². The third-order valence-electron chi connectivity index (χ3n) is 1.98. The molecule has 1 aromatic heterocycles. The maximum atomic E-state index is 11.0. The molecule has 1 heterocycles. The van der Waals surface area contributed by atoms with Crippen LogP contribution in [0.25, 0.3) is 12.2 Å². The quantitative estimate of drug-likeness (QED) is 0.798. The monoisotopic (exact) mass is 214 g/mol. The van der Waals surface area contributed by atoms with E-state index in [1.165, 1.54) is 0 Å². The molecule has 2 N–H and O–H groups in total. The van der Waals surface area contributed by atoms with E-state index in [1.54, 1.807) is 12.2 Å². The van der Waals surface area contributed by atoms with Crippen molar-refractivity contribution in [1.82, 2.24) is 9.97 Å². The second-order valence-corrected chi connectivity index (χ2v) is 3.23. The number of rotatable bonds is 2. The first kappa shape index (κ1) is 10.2. The second-order valence-electron chi connectivity index (χ2n) is 3.23. The van der Waals surface area contributed by atoms with Gasteiger partial charge in [-0.2, -0.15) is 4.98 Å². The van der Waals surface area contributed by atoms with Gasteiger partial charge in [-0.05, 0) is 11.6 Å². The predicted octanol–water partition coefficient (Wildman–Crippen LogP) is 1.65. The van der Waals surface area contributed by atoms with Crippen molar-refractivity contribution in [3.63, 3.8) is 0 Å². The van der Waals surface area contributed by atoms with Gasteiger partial charge in [0, 0.05) is 0 Å². The van der Waals surface area contributed by atoms with Crippen molar-refractivity contribution in [3.05, 3.63) is 58.1 Å². The number of H-pyrrole nitrogens is 1. The number of nitrogens with one attached hydrogen (secondary N) is 1. The molecule has 0 spiro atoms. The first-order chi connectivity index (χ1) is 7.74. The predicted molar refractivity (Wildman–Crippen MR) is 61.9 cm³/mol. The van der Waals surface area contributed by atoms with Crippen molar-refractivity contribution in [2.75, 3.05) is 0 Å². The normalized spacial score (nSPS) is 10.8. The summed E-state index contributed by atoms with van der Waals surface area (Å²) in [7, 11) is 0. The van der Waals surface area contributed by atoms with E-state index in [9.17, 15) is 4.79 Å². The molecule has 0 fully saturated rings. The highest BCUT2D eigenvalue weighted by molar-refractivity contribution is 5.66. The standard InChI is InChI=1S/C12H10N2O2/c15-11-8-12(16)14-10(13-11)7-6-9-4-2-1-3-5-9/h1-8H,(H2,13,14,15,16)/b7-6+. The zero-order chi connectivity index (χ0) is 11.4. The Labute approximate surface area is 91.9 Å². The molecule has 0 radical (unpaired) electrons. The van der Waals surface area contributed by atoms with Crippen LogP contribution in [0, 0.1) is 0 Å². The third kappa shape index (κ3) is 2.57. The largest absolute Gasteiger partial charge is 0.493 e. The number of aromatic amines is 1. The summed E-state index contributed by atoms with van der Waals surface area (Å²) in [4.78, 5) is 17.3. The highest BCUT2D eigenvalue weighted by Gasteiger charge is 1.95. The van der Waals surface area contributed by atoms with Gasteiger partial charge < -0.3 is 10.1 Å². The highest BCUT2D eigenvalue weighted by atomic mass is 16.3. The van der Waals surface area contributed by atoms with Gasteiger partial charge in [-0.15, -0.1) is 0 Å². The highest BCUT2D eigenvalue weighted by Crippen LogP contribution is 2.05. The van der Waals surface area contributed by atoms with E-state index >= 15 is 0 Å². The van der Waals surface area contributed by atoms with Crippen LogP contribution in [0.15, 0.2) is 41.2 Å². The first-order valence-electron chi connectivity index (χ1n) is 4.77. The van der Waals surface area contributed by atoms with Crippen molar-refractivity contribution >= 4 is 12.2 Å². The molecule has 0 unspecified atom stereocenters. The summed E-state index contributed by atoms with van der Waals surface area (Å²) in [6.45, 7) is 0. The lowest BCUT2D eigenvalue weighted by Gasteiger charge is -1.94. The second kappa shape index (κ2) is 4.44. The molecule has 4 nitrogen and oxygen atoms in total. The van der Waals surface area contributed by atoms with E-state index in [0.717, 1.165) is 11.6 Å². The van der Waals surface area contributed by atoms with Gasteiger partial charge in [-0.25, -0.2) is 0 Å². The molecule has 1 aromatic carbocycles.